The maximum absolute atomic E-state index is 12.6. The lowest BCUT2D eigenvalue weighted by atomic mass is 9.75. The first-order chi connectivity index (χ1) is 13.2. The minimum Gasteiger partial charge on any atom is -0.299 e. The number of carbonyl (C=O) groups excluding carboxylic acids is 1. The molecule has 2 saturated carbocycles. The van der Waals surface area contributed by atoms with Gasteiger partial charge in [0.25, 0.3) is 0 Å². The number of carbonyl (C=O) groups is 1. The normalized spacial score (nSPS) is 29.0. The summed E-state index contributed by atoms with van der Waals surface area (Å²) in [7, 11) is 0. The van der Waals surface area contributed by atoms with Gasteiger partial charge in [0.1, 0.15) is 5.78 Å². The fourth-order valence-electron chi connectivity index (χ4n) is 5.54. The molecule has 2 fully saturated rings. The fraction of sp³-hybridized carbons (Fsp3) is 0.731. The lowest BCUT2D eigenvalue weighted by molar-refractivity contribution is -0.125. The topological polar surface area (TPSA) is 17.1 Å². The molecule has 27 heavy (non-hydrogen) atoms. The second kappa shape index (κ2) is 10.4. The van der Waals surface area contributed by atoms with Gasteiger partial charge in [-0.05, 0) is 73.8 Å². The van der Waals surface area contributed by atoms with E-state index in [-0.39, 0.29) is 0 Å². The van der Waals surface area contributed by atoms with Crippen LogP contribution < -0.4 is 0 Å². The zero-order valence-corrected chi connectivity index (χ0v) is 17.7. The molecular formula is C26H40O. The number of hydrogen-bond donors (Lipinski definition) is 0. The first kappa shape index (κ1) is 20.6. The molecule has 0 unspecified atom stereocenters. The van der Waals surface area contributed by atoms with Crippen LogP contribution in [0, 0.1) is 11.8 Å². The summed E-state index contributed by atoms with van der Waals surface area (Å²) in [5.41, 5.74) is 2.94. The molecule has 1 nitrogen and oxygen atoms in total. The van der Waals surface area contributed by atoms with Crippen molar-refractivity contribution in [2.45, 2.75) is 109 Å². The molecule has 3 rings (SSSR count). The van der Waals surface area contributed by atoms with Gasteiger partial charge >= 0.3 is 0 Å². The Labute approximate surface area is 167 Å². The number of benzene rings is 1. The molecule has 0 saturated heterocycles. The van der Waals surface area contributed by atoms with Crippen molar-refractivity contribution in [1.29, 1.82) is 0 Å². The van der Waals surface area contributed by atoms with Gasteiger partial charge in [0, 0.05) is 12.3 Å². The van der Waals surface area contributed by atoms with E-state index in [0.717, 1.165) is 31.1 Å². The van der Waals surface area contributed by atoms with Crippen molar-refractivity contribution in [3.8, 4) is 0 Å². The average Bonchev–Trinajstić information content (AvgIpc) is 2.70. The van der Waals surface area contributed by atoms with E-state index in [4.69, 9.17) is 0 Å². The van der Waals surface area contributed by atoms with Crippen LogP contribution in [0.4, 0.5) is 0 Å². The van der Waals surface area contributed by atoms with Crippen LogP contribution in [0.25, 0.3) is 0 Å². The molecule has 0 aliphatic heterocycles. The second-order valence-corrected chi connectivity index (χ2v) is 9.31. The Balaban J connectivity index is 1.50. The van der Waals surface area contributed by atoms with Crippen LogP contribution in [0.2, 0.25) is 0 Å². The molecule has 2 aliphatic carbocycles. The van der Waals surface area contributed by atoms with E-state index >= 15 is 0 Å². The van der Waals surface area contributed by atoms with E-state index in [0.29, 0.717) is 17.6 Å². The Morgan fingerprint density at radius 3 is 1.96 bits per heavy atom. The van der Waals surface area contributed by atoms with Gasteiger partial charge in [-0.3, -0.25) is 4.79 Å². The summed E-state index contributed by atoms with van der Waals surface area (Å²) in [5, 5.41) is 0. The van der Waals surface area contributed by atoms with Crippen molar-refractivity contribution >= 4 is 5.78 Å². The Bertz CT molecular complexity index is 564. The van der Waals surface area contributed by atoms with E-state index in [1.807, 2.05) is 0 Å². The molecule has 2 atom stereocenters. The molecule has 1 heteroatoms. The molecule has 0 amide bonds. The predicted octanol–water partition coefficient (Wildman–Crippen LogP) is 7.79. The number of ketones is 1. The van der Waals surface area contributed by atoms with Crippen LogP contribution in [-0.4, -0.2) is 5.78 Å². The van der Waals surface area contributed by atoms with E-state index in [9.17, 15) is 4.79 Å². The molecular weight excluding hydrogens is 328 g/mol. The molecule has 0 bridgehead atoms. The van der Waals surface area contributed by atoms with Crippen molar-refractivity contribution in [3.63, 3.8) is 0 Å². The highest BCUT2D eigenvalue weighted by molar-refractivity contribution is 5.82. The summed E-state index contributed by atoms with van der Waals surface area (Å²) in [6, 6.07) is 9.42. The Morgan fingerprint density at radius 1 is 0.741 bits per heavy atom. The summed E-state index contributed by atoms with van der Waals surface area (Å²) in [6.07, 6.45) is 16.3. The van der Waals surface area contributed by atoms with Crippen molar-refractivity contribution in [3.05, 3.63) is 35.4 Å². The van der Waals surface area contributed by atoms with Gasteiger partial charge < -0.3 is 0 Å². The van der Waals surface area contributed by atoms with Gasteiger partial charge in [0.05, 0.1) is 0 Å². The summed E-state index contributed by atoms with van der Waals surface area (Å²) in [4.78, 5) is 12.6. The predicted molar refractivity (Wildman–Crippen MR) is 115 cm³/mol. The Morgan fingerprint density at radius 2 is 1.37 bits per heavy atom. The van der Waals surface area contributed by atoms with E-state index in [2.05, 4.69) is 38.1 Å². The lowest BCUT2D eigenvalue weighted by Gasteiger charge is -2.30. The smallest absolute Gasteiger partial charge is 0.136 e. The molecule has 0 radical (unpaired) electrons. The summed E-state index contributed by atoms with van der Waals surface area (Å²) in [6.45, 7) is 4.55. The van der Waals surface area contributed by atoms with Crippen LogP contribution in [0.5, 0.6) is 0 Å². The lowest BCUT2D eigenvalue weighted by Crippen LogP contribution is -2.24. The minimum atomic E-state index is 0.352. The second-order valence-electron chi connectivity index (χ2n) is 9.31. The number of rotatable bonds is 8. The third-order valence-corrected chi connectivity index (χ3v) is 7.35. The molecule has 0 spiro atoms. The van der Waals surface area contributed by atoms with Gasteiger partial charge in [-0.2, -0.15) is 0 Å². The van der Waals surface area contributed by atoms with Gasteiger partial charge in [-0.25, -0.2) is 0 Å². The minimum absolute atomic E-state index is 0.352. The number of Topliss-reactive ketones (excluding diaryl/α,β-unsaturated/α-hetero) is 1. The quantitative estimate of drug-likeness (QED) is 0.428. The summed E-state index contributed by atoms with van der Waals surface area (Å²) in [5.74, 6) is 3.09. The highest BCUT2D eigenvalue weighted by Gasteiger charge is 2.29. The van der Waals surface area contributed by atoms with Gasteiger partial charge in [0.15, 0.2) is 0 Å². The van der Waals surface area contributed by atoms with Crippen LogP contribution in [0.3, 0.4) is 0 Å². The van der Waals surface area contributed by atoms with Crippen LogP contribution in [0.15, 0.2) is 24.3 Å². The maximum atomic E-state index is 12.6. The molecule has 1 aromatic carbocycles. The average molecular weight is 369 g/mol. The Kier molecular flexibility index (Phi) is 7.97. The SMILES string of the molecule is CCCCC[C@@H]1CC[C@H](c2ccc(C3CCC(CCC)CC3)cc2)CC1=O. The molecule has 1 aromatic rings. The largest absolute Gasteiger partial charge is 0.299 e. The van der Waals surface area contributed by atoms with Crippen LogP contribution in [-0.2, 0) is 4.79 Å². The highest BCUT2D eigenvalue weighted by atomic mass is 16.1. The van der Waals surface area contributed by atoms with E-state index in [1.165, 1.54) is 75.3 Å². The summed E-state index contributed by atoms with van der Waals surface area (Å²) >= 11 is 0. The first-order valence-electron chi connectivity index (χ1n) is 11.8. The fourth-order valence-corrected chi connectivity index (χ4v) is 5.54. The van der Waals surface area contributed by atoms with Crippen molar-refractivity contribution < 1.29 is 4.79 Å². The summed E-state index contributed by atoms with van der Waals surface area (Å²) < 4.78 is 0. The van der Waals surface area contributed by atoms with Gasteiger partial charge in [-0.1, -0.05) is 70.2 Å². The van der Waals surface area contributed by atoms with E-state index in [1.54, 1.807) is 0 Å². The molecule has 150 valence electrons. The van der Waals surface area contributed by atoms with E-state index < -0.39 is 0 Å². The zero-order chi connectivity index (χ0) is 19.1. The number of hydrogen-bond acceptors (Lipinski definition) is 1. The number of unbranched alkanes of at least 4 members (excludes halogenated alkanes) is 2. The first-order valence-corrected chi connectivity index (χ1v) is 11.8. The molecule has 0 heterocycles. The zero-order valence-electron chi connectivity index (χ0n) is 17.7. The van der Waals surface area contributed by atoms with Crippen molar-refractivity contribution in [1.82, 2.24) is 0 Å². The maximum Gasteiger partial charge on any atom is 0.136 e. The van der Waals surface area contributed by atoms with Crippen LogP contribution in [0.1, 0.15) is 120 Å². The molecule has 0 N–H and O–H groups in total. The monoisotopic (exact) mass is 368 g/mol. The third kappa shape index (κ3) is 5.69. The standard InChI is InChI=1S/C26H40O/c1-3-5-6-8-24-17-18-25(19-26(24)27)23-15-13-22(14-16-23)21-11-9-20(7-4-2)10-12-21/h13-16,20-21,24-25H,3-12,17-19H2,1-2H3/t20?,21?,24-,25+/m1/s1. The van der Waals surface area contributed by atoms with Crippen LogP contribution >= 0.6 is 0 Å². The molecule has 0 aromatic heterocycles. The van der Waals surface area contributed by atoms with Gasteiger partial charge in [-0.15, -0.1) is 0 Å². The van der Waals surface area contributed by atoms with Gasteiger partial charge in [0.2, 0.25) is 0 Å². The van der Waals surface area contributed by atoms with Crippen molar-refractivity contribution in [2.24, 2.45) is 11.8 Å². The Hall–Kier alpha value is -1.11. The van der Waals surface area contributed by atoms with Crippen molar-refractivity contribution in [2.75, 3.05) is 0 Å². The molecule has 2 aliphatic rings. The highest BCUT2D eigenvalue weighted by Crippen LogP contribution is 2.39. The third-order valence-electron chi connectivity index (χ3n) is 7.35.